The van der Waals surface area contributed by atoms with Crippen molar-refractivity contribution in [3.05, 3.63) is 108 Å². The van der Waals surface area contributed by atoms with Crippen molar-refractivity contribution in [1.82, 2.24) is 10.2 Å². The van der Waals surface area contributed by atoms with E-state index in [0.717, 1.165) is 56.8 Å². The fourth-order valence-corrected chi connectivity index (χ4v) is 3.96. The lowest BCUT2D eigenvalue weighted by Crippen LogP contribution is -2.10. The third-order valence-electron chi connectivity index (χ3n) is 5.46. The highest BCUT2D eigenvalue weighted by atomic mass is 16.5. The van der Waals surface area contributed by atoms with E-state index in [-0.39, 0.29) is 6.54 Å². The molecule has 0 radical (unpaired) electrons. The van der Waals surface area contributed by atoms with Crippen LogP contribution in [0.3, 0.4) is 0 Å². The van der Waals surface area contributed by atoms with Crippen LogP contribution in [0.15, 0.2) is 85.6 Å². The molecule has 5 nitrogen and oxygen atoms in total. The van der Waals surface area contributed by atoms with Crippen molar-refractivity contribution in [3.8, 4) is 5.75 Å². The van der Waals surface area contributed by atoms with Crippen molar-refractivity contribution in [3.63, 3.8) is 0 Å². The molecule has 3 N–H and O–H groups in total. The van der Waals surface area contributed by atoms with Gasteiger partial charge in [-0.15, -0.1) is 0 Å². The van der Waals surface area contributed by atoms with Crippen LogP contribution >= 0.6 is 0 Å². The molecule has 0 amide bonds. The molecule has 0 bridgehead atoms. The Hall–Kier alpha value is -3.96. The van der Waals surface area contributed by atoms with Gasteiger partial charge in [0.1, 0.15) is 5.75 Å². The molecule has 0 spiro atoms. The summed E-state index contributed by atoms with van der Waals surface area (Å²) in [5.74, 6) is -0.0568. The second kappa shape index (κ2) is 9.45. The number of hydrogen-bond acceptors (Lipinski definition) is 4. The maximum absolute atomic E-state index is 12.2. The first-order valence-corrected chi connectivity index (χ1v) is 10.5. The van der Waals surface area contributed by atoms with Gasteiger partial charge in [-0.25, -0.2) is 4.79 Å². The third-order valence-corrected chi connectivity index (χ3v) is 5.46. The molecule has 0 saturated carbocycles. The van der Waals surface area contributed by atoms with Crippen molar-refractivity contribution in [2.24, 2.45) is 5.73 Å². The van der Waals surface area contributed by atoms with E-state index in [4.69, 9.17) is 10.5 Å². The van der Waals surface area contributed by atoms with Gasteiger partial charge in [-0.2, -0.15) is 5.10 Å². The van der Waals surface area contributed by atoms with E-state index in [1.807, 2.05) is 42.5 Å². The lowest BCUT2D eigenvalue weighted by atomic mass is 9.86. The average molecular weight is 424 g/mol. The van der Waals surface area contributed by atoms with Crippen molar-refractivity contribution >= 4 is 28.0 Å². The number of nitrogens with one attached hydrogen (secondary N) is 1. The zero-order valence-electron chi connectivity index (χ0n) is 18.0. The number of hydrogen-bond donors (Lipinski definition) is 2. The number of nitrogens with two attached hydrogens (primary N) is 1. The molecule has 4 rings (SSSR count). The maximum Gasteiger partial charge on any atom is 0.335 e. The van der Waals surface area contributed by atoms with E-state index in [9.17, 15) is 4.79 Å². The highest BCUT2D eigenvalue weighted by Gasteiger charge is 2.20. The molecule has 0 aliphatic heterocycles. The summed E-state index contributed by atoms with van der Waals surface area (Å²) < 4.78 is 5.73. The Labute approximate surface area is 187 Å². The Kier molecular flexibility index (Phi) is 6.29. The second-order valence-corrected chi connectivity index (χ2v) is 7.37. The fourth-order valence-electron chi connectivity index (χ4n) is 3.96. The molecule has 0 unspecified atom stereocenters. The highest BCUT2D eigenvalue weighted by Crippen LogP contribution is 2.40. The number of esters is 1. The van der Waals surface area contributed by atoms with E-state index < -0.39 is 5.97 Å². The molecular formula is C27H25N3O2. The first-order chi connectivity index (χ1) is 15.7. The van der Waals surface area contributed by atoms with Gasteiger partial charge in [-0.1, -0.05) is 68.1 Å². The summed E-state index contributed by atoms with van der Waals surface area (Å²) in [5.41, 5.74) is 12.8. The minimum absolute atomic E-state index is 0.244. The summed E-state index contributed by atoms with van der Waals surface area (Å²) in [6, 6.07) is 22.2. The van der Waals surface area contributed by atoms with Crippen LogP contribution in [-0.4, -0.2) is 16.2 Å². The fraction of sp³-hybridized carbons (Fsp3) is 0.111. The van der Waals surface area contributed by atoms with Crippen LogP contribution < -0.4 is 10.5 Å². The largest absolute Gasteiger partial charge is 0.422 e. The quantitative estimate of drug-likeness (QED) is 0.178. The molecule has 3 aromatic carbocycles. The molecule has 160 valence electrons. The van der Waals surface area contributed by atoms with Gasteiger partial charge in [-0.05, 0) is 40.8 Å². The number of para-hydroxylation sites is 1. The van der Waals surface area contributed by atoms with Crippen molar-refractivity contribution in [2.75, 3.05) is 0 Å². The molecule has 0 saturated heterocycles. The van der Waals surface area contributed by atoms with Gasteiger partial charge in [0.25, 0.3) is 0 Å². The molecular weight excluding hydrogens is 398 g/mol. The number of aromatic nitrogens is 2. The zero-order chi connectivity index (χ0) is 22.5. The van der Waals surface area contributed by atoms with Crippen molar-refractivity contribution in [2.45, 2.75) is 19.9 Å². The number of carbonyl (C=O) groups is 1. The number of aromatic amines is 1. The molecule has 1 aromatic heterocycles. The van der Waals surface area contributed by atoms with Gasteiger partial charge in [-0.3, -0.25) is 5.10 Å². The van der Waals surface area contributed by atoms with Gasteiger partial charge in [0.2, 0.25) is 0 Å². The summed E-state index contributed by atoms with van der Waals surface area (Å²) in [6.07, 6.45) is 3.75. The number of H-pyrrole nitrogens is 1. The monoisotopic (exact) mass is 423 g/mol. The topological polar surface area (TPSA) is 81.0 Å². The predicted octanol–water partition coefficient (Wildman–Crippen LogP) is 5.48. The molecule has 0 fully saturated rings. The molecule has 0 aliphatic carbocycles. The molecule has 0 aliphatic rings. The molecule has 5 heteroatoms. The summed E-state index contributed by atoms with van der Waals surface area (Å²) in [5, 5.41) is 8.16. The summed E-state index contributed by atoms with van der Waals surface area (Å²) in [6.45, 7) is 5.91. The van der Waals surface area contributed by atoms with Gasteiger partial charge in [0.05, 0.1) is 11.7 Å². The Morgan fingerprint density at radius 3 is 2.62 bits per heavy atom. The maximum atomic E-state index is 12.2. The molecule has 32 heavy (non-hydrogen) atoms. The number of carbonyl (C=O) groups excluding carboxylic acids is 1. The smallest absolute Gasteiger partial charge is 0.335 e. The van der Waals surface area contributed by atoms with Crippen LogP contribution in [0.25, 0.3) is 22.0 Å². The van der Waals surface area contributed by atoms with E-state index >= 15 is 0 Å². The van der Waals surface area contributed by atoms with Crippen LogP contribution in [-0.2, 0) is 11.3 Å². The van der Waals surface area contributed by atoms with Crippen LogP contribution in [0.2, 0.25) is 0 Å². The van der Waals surface area contributed by atoms with E-state index in [0.29, 0.717) is 5.75 Å². The van der Waals surface area contributed by atoms with Crippen LogP contribution in [0, 0.1) is 0 Å². The summed E-state index contributed by atoms with van der Waals surface area (Å²) in [4.78, 5) is 12.2. The Balaban J connectivity index is 2.06. The van der Waals surface area contributed by atoms with E-state index in [1.54, 1.807) is 6.20 Å². The van der Waals surface area contributed by atoms with Gasteiger partial charge in [0.15, 0.2) is 0 Å². The SMILES string of the molecule is C=CC(=O)Oc1c(CN)cccc1/C(=C(\CC)c1ccccc1)c1ccc2[nH]ncc2c1. The highest BCUT2D eigenvalue weighted by molar-refractivity contribution is 6.02. The standard InChI is InChI=1S/C27H25N3O2/c1-3-22(18-9-6-5-7-10-18)26(19-13-14-24-21(15-19)17-29-30-24)23-12-8-11-20(16-28)27(23)32-25(31)4-2/h4-15,17H,2-3,16,28H2,1H3,(H,29,30)/b26-22+. The number of nitrogens with zero attached hydrogens (tertiary/aromatic N) is 1. The van der Waals surface area contributed by atoms with Crippen molar-refractivity contribution in [1.29, 1.82) is 0 Å². The predicted molar refractivity (Wildman–Crippen MR) is 129 cm³/mol. The molecule has 4 aromatic rings. The minimum Gasteiger partial charge on any atom is -0.422 e. The number of benzene rings is 3. The second-order valence-electron chi connectivity index (χ2n) is 7.37. The van der Waals surface area contributed by atoms with Gasteiger partial charge >= 0.3 is 5.97 Å². The van der Waals surface area contributed by atoms with E-state index in [2.05, 4.69) is 48.0 Å². The summed E-state index contributed by atoms with van der Waals surface area (Å²) in [7, 11) is 0. The first kappa shape index (κ1) is 21.3. The number of ether oxygens (including phenoxy) is 1. The minimum atomic E-state index is -0.519. The normalized spacial score (nSPS) is 11.8. The Morgan fingerprint density at radius 2 is 1.91 bits per heavy atom. The molecule has 0 atom stereocenters. The Morgan fingerprint density at radius 1 is 1.09 bits per heavy atom. The van der Waals surface area contributed by atoms with Crippen LogP contribution in [0.4, 0.5) is 0 Å². The molecule has 1 heterocycles. The lowest BCUT2D eigenvalue weighted by Gasteiger charge is -2.20. The van der Waals surface area contributed by atoms with Crippen LogP contribution in [0.1, 0.15) is 35.6 Å². The Bertz CT molecular complexity index is 1300. The van der Waals surface area contributed by atoms with Crippen molar-refractivity contribution < 1.29 is 9.53 Å². The van der Waals surface area contributed by atoms with E-state index in [1.165, 1.54) is 0 Å². The average Bonchev–Trinajstić information content (AvgIpc) is 3.31. The summed E-state index contributed by atoms with van der Waals surface area (Å²) >= 11 is 0. The van der Waals surface area contributed by atoms with Crippen LogP contribution in [0.5, 0.6) is 5.75 Å². The number of fused-ring (bicyclic) bond motifs is 1. The first-order valence-electron chi connectivity index (χ1n) is 10.5. The third kappa shape index (κ3) is 4.11. The number of rotatable bonds is 7. The van der Waals surface area contributed by atoms with Gasteiger partial charge in [0, 0.05) is 29.1 Å². The lowest BCUT2D eigenvalue weighted by molar-refractivity contribution is -0.129. The zero-order valence-corrected chi connectivity index (χ0v) is 18.0. The number of allylic oxidation sites excluding steroid dienone is 1. The van der Waals surface area contributed by atoms with Gasteiger partial charge < -0.3 is 10.5 Å².